The van der Waals surface area contributed by atoms with Crippen LogP contribution < -0.4 is 10.0 Å². The summed E-state index contributed by atoms with van der Waals surface area (Å²) in [4.78, 5) is 12.7. The van der Waals surface area contributed by atoms with Gasteiger partial charge in [0.15, 0.2) is 0 Å². The number of para-hydroxylation sites is 1. The van der Waals surface area contributed by atoms with Gasteiger partial charge in [0.1, 0.15) is 0 Å². The molecule has 10 heteroatoms. The van der Waals surface area contributed by atoms with E-state index in [0.717, 1.165) is 0 Å². The predicted octanol–water partition coefficient (Wildman–Crippen LogP) is 3.77. The third kappa shape index (κ3) is 5.78. The van der Waals surface area contributed by atoms with Crippen molar-refractivity contribution in [3.05, 3.63) is 84.4 Å². The largest absolute Gasteiger partial charge is 0.322 e. The highest BCUT2D eigenvalue weighted by Gasteiger charge is 2.24. The van der Waals surface area contributed by atoms with Crippen LogP contribution in [0.4, 0.5) is 11.4 Å². The van der Waals surface area contributed by atoms with E-state index in [2.05, 4.69) is 10.0 Å². The van der Waals surface area contributed by atoms with Gasteiger partial charge >= 0.3 is 0 Å². The van der Waals surface area contributed by atoms with Crippen molar-refractivity contribution in [2.75, 3.05) is 17.1 Å². The third-order valence-corrected chi connectivity index (χ3v) is 8.38. The van der Waals surface area contributed by atoms with E-state index < -0.39 is 26.0 Å². The quantitative estimate of drug-likeness (QED) is 0.502. The monoisotopic (exact) mass is 487 g/mol. The molecule has 0 spiro atoms. The first kappa shape index (κ1) is 24.4. The molecule has 8 nitrogen and oxygen atoms in total. The number of hydrogen-bond donors (Lipinski definition) is 2. The Morgan fingerprint density at radius 3 is 2.03 bits per heavy atom. The second kappa shape index (κ2) is 9.74. The number of rotatable bonds is 8. The Morgan fingerprint density at radius 2 is 1.42 bits per heavy atom. The maximum Gasteiger partial charge on any atom is 0.261 e. The molecule has 0 radical (unpaired) electrons. The molecular weight excluding hydrogens is 462 g/mol. The maximum absolute atomic E-state index is 12.7. The van der Waals surface area contributed by atoms with Crippen LogP contribution in [0, 0.1) is 0 Å². The van der Waals surface area contributed by atoms with Crippen molar-refractivity contribution in [1.29, 1.82) is 0 Å². The van der Waals surface area contributed by atoms with Gasteiger partial charge in [-0.2, -0.15) is 4.31 Å². The summed E-state index contributed by atoms with van der Waals surface area (Å²) >= 11 is 0. The summed E-state index contributed by atoms with van der Waals surface area (Å²) in [5.74, 6) is -0.516. The molecule has 0 saturated carbocycles. The maximum atomic E-state index is 12.7. The van der Waals surface area contributed by atoms with Crippen LogP contribution in [0.1, 0.15) is 24.2 Å². The molecule has 0 aliphatic carbocycles. The van der Waals surface area contributed by atoms with Gasteiger partial charge in [-0.3, -0.25) is 9.52 Å². The van der Waals surface area contributed by atoms with Crippen molar-refractivity contribution < 1.29 is 21.6 Å². The predicted molar refractivity (Wildman–Crippen MR) is 128 cm³/mol. The molecule has 0 fully saturated rings. The average Bonchev–Trinajstić information content (AvgIpc) is 2.79. The smallest absolute Gasteiger partial charge is 0.261 e. The van der Waals surface area contributed by atoms with Crippen molar-refractivity contribution in [3.63, 3.8) is 0 Å². The number of carbonyl (C=O) groups is 1. The number of benzene rings is 3. The number of nitrogens with one attached hydrogen (secondary N) is 2. The van der Waals surface area contributed by atoms with Gasteiger partial charge < -0.3 is 5.32 Å². The molecule has 0 unspecified atom stereocenters. The molecule has 0 heterocycles. The van der Waals surface area contributed by atoms with E-state index in [1.807, 2.05) is 0 Å². The summed E-state index contributed by atoms with van der Waals surface area (Å²) in [7, 11) is -6.04. The third-order valence-electron chi connectivity index (χ3n) is 4.95. The van der Waals surface area contributed by atoms with Crippen molar-refractivity contribution in [2.45, 2.75) is 29.7 Å². The van der Waals surface area contributed by atoms with Crippen LogP contribution in [0.2, 0.25) is 0 Å². The van der Waals surface area contributed by atoms with Gasteiger partial charge in [-0.25, -0.2) is 16.8 Å². The van der Waals surface area contributed by atoms with Gasteiger partial charge in [0.25, 0.3) is 15.9 Å². The summed E-state index contributed by atoms with van der Waals surface area (Å²) in [5, 5.41) is 2.65. The molecule has 0 aliphatic heterocycles. The minimum Gasteiger partial charge on any atom is -0.322 e. The van der Waals surface area contributed by atoms with Crippen LogP contribution in [-0.4, -0.2) is 40.1 Å². The molecule has 3 rings (SSSR count). The standard InChI is InChI=1S/C23H25N3O5S2/c1-17(2)26(3)33(30,31)22-11-7-8-18(16-22)23(27)24-19-12-14-21(15-13-19)32(28,29)25-20-9-5-4-6-10-20/h4-17,25H,1-3H3,(H,24,27). The zero-order valence-corrected chi connectivity index (χ0v) is 20.0. The fraction of sp³-hybridized carbons (Fsp3) is 0.174. The number of amides is 1. The van der Waals surface area contributed by atoms with Crippen LogP contribution in [0.25, 0.3) is 0 Å². The van der Waals surface area contributed by atoms with Gasteiger partial charge in [0, 0.05) is 30.0 Å². The van der Waals surface area contributed by atoms with Gasteiger partial charge in [0.05, 0.1) is 9.79 Å². The fourth-order valence-corrected chi connectivity index (χ4v) is 5.36. The molecule has 3 aromatic rings. The number of nitrogens with zero attached hydrogens (tertiary/aromatic N) is 1. The van der Waals surface area contributed by atoms with Crippen LogP contribution in [0.15, 0.2) is 88.7 Å². The highest BCUT2D eigenvalue weighted by Crippen LogP contribution is 2.21. The molecular formula is C23H25N3O5S2. The first-order valence-corrected chi connectivity index (χ1v) is 13.0. The van der Waals surface area contributed by atoms with Gasteiger partial charge in [0.2, 0.25) is 10.0 Å². The number of carbonyl (C=O) groups excluding carboxylic acids is 1. The van der Waals surface area contributed by atoms with Crippen LogP contribution in [0.3, 0.4) is 0 Å². The molecule has 0 bridgehead atoms. The Labute approximate surface area is 194 Å². The fourth-order valence-electron chi connectivity index (χ4n) is 2.88. The second-order valence-corrected chi connectivity index (χ2v) is 11.3. The lowest BCUT2D eigenvalue weighted by Gasteiger charge is -2.21. The van der Waals surface area contributed by atoms with Crippen LogP contribution in [-0.2, 0) is 20.0 Å². The zero-order valence-electron chi connectivity index (χ0n) is 18.4. The molecule has 1 amide bonds. The first-order chi connectivity index (χ1) is 15.5. The van der Waals surface area contributed by atoms with E-state index in [0.29, 0.717) is 11.4 Å². The summed E-state index contributed by atoms with van der Waals surface area (Å²) in [6.45, 7) is 3.51. The number of sulfonamides is 2. The molecule has 3 aromatic carbocycles. The van der Waals surface area contributed by atoms with E-state index in [-0.39, 0.29) is 21.4 Å². The normalized spacial score (nSPS) is 12.0. The van der Waals surface area contributed by atoms with Crippen LogP contribution in [0.5, 0.6) is 0 Å². The Balaban J connectivity index is 1.75. The van der Waals surface area contributed by atoms with Crippen molar-refractivity contribution in [1.82, 2.24) is 4.31 Å². The molecule has 33 heavy (non-hydrogen) atoms. The zero-order chi connectivity index (χ0) is 24.2. The lowest BCUT2D eigenvalue weighted by molar-refractivity contribution is 0.102. The van der Waals surface area contributed by atoms with E-state index in [9.17, 15) is 21.6 Å². The molecule has 2 N–H and O–H groups in total. The molecule has 0 atom stereocenters. The Bertz CT molecular complexity index is 1340. The minimum atomic E-state index is -3.78. The van der Waals surface area contributed by atoms with E-state index >= 15 is 0 Å². The van der Waals surface area contributed by atoms with Gasteiger partial charge in [-0.1, -0.05) is 24.3 Å². The van der Waals surface area contributed by atoms with E-state index in [1.54, 1.807) is 44.2 Å². The Hall–Kier alpha value is -3.21. The van der Waals surface area contributed by atoms with Gasteiger partial charge in [-0.05, 0) is 68.4 Å². The molecule has 0 saturated heterocycles. The summed E-state index contributed by atoms with van der Waals surface area (Å²) in [6.07, 6.45) is 0. The second-order valence-electron chi connectivity index (χ2n) is 7.59. The van der Waals surface area contributed by atoms with E-state index in [4.69, 9.17) is 0 Å². The summed E-state index contributed by atoms with van der Waals surface area (Å²) < 4.78 is 54.2. The Kier molecular flexibility index (Phi) is 7.21. The topological polar surface area (TPSA) is 113 Å². The first-order valence-electron chi connectivity index (χ1n) is 10.1. The molecule has 174 valence electrons. The minimum absolute atomic E-state index is 0.0137. The summed E-state index contributed by atoms with van der Waals surface area (Å²) in [5.41, 5.74) is 0.967. The summed E-state index contributed by atoms with van der Waals surface area (Å²) in [6, 6.07) is 19.7. The van der Waals surface area contributed by atoms with Crippen molar-refractivity contribution in [2.24, 2.45) is 0 Å². The van der Waals surface area contributed by atoms with Crippen molar-refractivity contribution >= 4 is 37.3 Å². The highest BCUT2D eigenvalue weighted by atomic mass is 32.2. The number of hydrogen-bond acceptors (Lipinski definition) is 5. The highest BCUT2D eigenvalue weighted by molar-refractivity contribution is 7.92. The Morgan fingerprint density at radius 1 is 0.788 bits per heavy atom. The number of anilines is 2. The lowest BCUT2D eigenvalue weighted by atomic mass is 10.2. The average molecular weight is 488 g/mol. The molecule has 0 aliphatic rings. The van der Waals surface area contributed by atoms with E-state index in [1.165, 1.54) is 59.9 Å². The molecule has 0 aromatic heterocycles. The lowest BCUT2D eigenvalue weighted by Crippen LogP contribution is -2.33. The van der Waals surface area contributed by atoms with Gasteiger partial charge in [-0.15, -0.1) is 0 Å². The van der Waals surface area contributed by atoms with Crippen molar-refractivity contribution in [3.8, 4) is 0 Å². The SMILES string of the molecule is CC(C)N(C)S(=O)(=O)c1cccc(C(=O)Nc2ccc(S(=O)(=O)Nc3ccccc3)cc2)c1. The van der Waals surface area contributed by atoms with Crippen LogP contribution >= 0.6 is 0 Å².